The van der Waals surface area contributed by atoms with Crippen molar-refractivity contribution in [2.75, 3.05) is 6.61 Å². The lowest BCUT2D eigenvalue weighted by molar-refractivity contribution is 0.309. The van der Waals surface area contributed by atoms with Crippen molar-refractivity contribution in [1.82, 2.24) is 10.2 Å². The highest BCUT2D eigenvalue weighted by Crippen LogP contribution is 2.29. The molecule has 0 saturated carbocycles. The van der Waals surface area contributed by atoms with Crippen LogP contribution in [0.25, 0.3) is 11.1 Å². The molecule has 0 unspecified atom stereocenters. The van der Waals surface area contributed by atoms with Gasteiger partial charge in [-0.05, 0) is 31.5 Å². The Labute approximate surface area is 116 Å². The summed E-state index contributed by atoms with van der Waals surface area (Å²) in [5.41, 5.74) is 1.38. The third-order valence-corrected chi connectivity index (χ3v) is 2.92. The predicted octanol–water partition coefficient (Wildman–Crippen LogP) is 3.06. The summed E-state index contributed by atoms with van der Waals surface area (Å²) in [6.45, 7) is 4.32. The predicted molar refractivity (Wildman–Crippen MR) is 75.4 cm³/mol. The number of unbranched alkanes of at least 4 members (excludes halogenated alkanes) is 1. The lowest BCUT2D eigenvalue weighted by Crippen LogP contribution is -2.12. The molecule has 2 aromatic rings. The highest BCUT2D eigenvalue weighted by molar-refractivity contribution is 5.69. The molecule has 106 valence electrons. The maximum atomic E-state index is 13.4. The molecule has 0 amide bonds. The summed E-state index contributed by atoms with van der Waals surface area (Å²) in [5, 5.41) is 6.26. The van der Waals surface area contributed by atoms with Gasteiger partial charge in [-0.1, -0.05) is 13.3 Å². The maximum Gasteiger partial charge on any atom is 0.272 e. The number of halogens is 1. The molecule has 4 nitrogen and oxygen atoms in total. The number of hydrogen-bond donors (Lipinski definition) is 1. The van der Waals surface area contributed by atoms with Crippen LogP contribution in [0, 0.1) is 12.7 Å². The first kappa shape index (κ1) is 14.2. The van der Waals surface area contributed by atoms with E-state index in [4.69, 9.17) is 4.74 Å². The largest absolute Gasteiger partial charge is 0.493 e. The second-order valence-electron chi connectivity index (χ2n) is 4.59. The highest BCUT2D eigenvalue weighted by Gasteiger charge is 2.12. The molecule has 1 aromatic heterocycles. The van der Waals surface area contributed by atoms with Crippen LogP contribution in [0.2, 0.25) is 0 Å². The number of rotatable bonds is 5. The van der Waals surface area contributed by atoms with E-state index in [1.165, 1.54) is 12.1 Å². The maximum absolute atomic E-state index is 13.4. The highest BCUT2D eigenvalue weighted by atomic mass is 19.1. The van der Waals surface area contributed by atoms with Gasteiger partial charge in [-0.3, -0.25) is 4.79 Å². The van der Waals surface area contributed by atoms with Crippen LogP contribution in [0.1, 0.15) is 25.5 Å². The van der Waals surface area contributed by atoms with Crippen LogP contribution in [-0.4, -0.2) is 16.8 Å². The molecule has 0 saturated heterocycles. The van der Waals surface area contributed by atoms with E-state index in [1.54, 1.807) is 19.1 Å². The molecule has 0 aliphatic heterocycles. The number of aromatic amines is 1. The summed E-state index contributed by atoms with van der Waals surface area (Å²) in [6.07, 6.45) is 1.86. The fraction of sp³-hybridized carbons (Fsp3) is 0.333. The second kappa shape index (κ2) is 6.32. The molecule has 5 heteroatoms. The minimum Gasteiger partial charge on any atom is -0.493 e. The number of ether oxygens (including phenoxy) is 1. The van der Waals surface area contributed by atoms with Gasteiger partial charge in [-0.25, -0.2) is 9.49 Å². The summed E-state index contributed by atoms with van der Waals surface area (Å²) in [7, 11) is 0. The molecule has 0 spiro atoms. The quantitative estimate of drug-likeness (QED) is 0.854. The first-order valence-electron chi connectivity index (χ1n) is 6.61. The Balaban J connectivity index is 2.44. The van der Waals surface area contributed by atoms with E-state index in [0.29, 0.717) is 29.2 Å². The Morgan fingerprint density at radius 1 is 1.30 bits per heavy atom. The van der Waals surface area contributed by atoms with Crippen LogP contribution in [0.3, 0.4) is 0 Å². The Morgan fingerprint density at radius 3 is 2.85 bits per heavy atom. The lowest BCUT2D eigenvalue weighted by atomic mass is 10.1. The van der Waals surface area contributed by atoms with Gasteiger partial charge in [0.25, 0.3) is 5.56 Å². The van der Waals surface area contributed by atoms with E-state index in [9.17, 15) is 9.18 Å². The number of nitrogens with zero attached hydrogens (tertiary/aromatic N) is 1. The van der Waals surface area contributed by atoms with Crippen molar-refractivity contribution in [3.05, 3.63) is 46.1 Å². The van der Waals surface area contributed by atoms with Crippen molar-refractivity contribution in [3.8, 4) is 16.9 Å². The van der Waals surface area contributed by atoms with Gasteiger partial charge in [0, 0.05) is 11.6 Å². The Bertz CT molecular complexity index is 653. The van der Waals surface area contributed by atoms with E-state index in [1.807, 2.05) is 6.92 Å². The monoisotopic (exact) mass is 276 g/mol. The minimum absolute atomic E-state index is 0.317. The molecular formula is C15H17FN2O2. The van der Waals surface area contributed by atoms with E-state index in [-0.39, 0.29) is 11.4 Å². The molecule has 0 aliphatic carbocycles. The molecule has 0 bridgehead atoms. The van der Waals surface area contributed by atoms with Crippen LogP contribution in [0.4, 0.5) is 4.39 Å². The van der Waals surface area contributed by atoms with Gasteiger partial charge >= 0.3 is 0 Å². The van der Waals surface area contributed by atoms with Crippen LogP contribution < -0.4 is 10.3 Å². The SMILES string of the molecule is CCCCOc1cc(F)ccc1-c1cc(C)n[nH]c1=O. The van der Waals surface area contributed by atoms with Gasteiger partial charge in [0.2, 0.25) is 0 Å². The van der Waals surface area contributed by atoms with E-state index in [2.05, 4.69) is 10.2 Å². The van der Waals surface area contributed by atoms with Gasteiger partial charge in [0.05, 0.1) is 17.9 Å². The van der Waals surface area contributed by atoms with Crippen molar-refractivity contribution >= 4 is 0 Å². The minimum atomic E-state index is -0.387. The van der Waals surface area contributed by atoms with Gasteiger partial charge in [0.1, 0.15) is 11.6 Å². The Morgan fingerprint density at radius 2 is 2.10 bits per heavy atom. The topological polar surface area (TPSA) is 55.0 Å². The number of aryl methyl sites for hydroxylation is 1. The summed E-state index contributed by atoms with van der Waals surface area (Å²) in [5.74, 6) is -0.00277. The summed E-state index contributed by atoms with van der Waals surface area (Å²) in [4.78, 5) is 11.9. The number of H-pyrrole nitrogens is 1. The van der Waals surface area contributed by atoms with Crippen LogP contribution in [-0.2, 0) is 0 Å². The zero-order valence-electron chi connectivity index (χ0n) is 11.6. The first-order valence-corrected chi connectivity index (χ1v) is 6.61. The fourth-order valence-electron chi connectivity index (χ4n) is 1.87. The smallest absolute Gasteiger partial charge is 0.272 e. The summed E-state index contributed by atoms with van der Waals surface area (Å²) >= 11 is 0. The van der Waals surface area contributed by atoms with E-state index in [0.717, 1.165) is 12.8 Å². The van der Waals surface area contributed by atoms with Gasteiger partial charge in [-0.15, -0.1) is 0 Å². The number of benzene rings is 1. The number of aromatic nitrogens is 2. The third-order valence-electron chi connectivity index (χ3n) is 2.92. The molecular weight excluding hydrogens is 259 g/mol. The number of hydrogen-bond acceptors (Lipinski definition) is 3. The van der Waals surface area contributed by atoms with Crippen LogP contribution in [0.5, 0.6) is 5.75 Å². The standard InChI is InChI=1S/C15H17FN2O2/c1-3-4-7-20-14-9-11(16)5-6-12(14)13-8-10(2)17-18-15(13)19/h5-6,8-9H,3-4,7H2,1-2H3,(H,18,19). The van der Waals surface area contributed by atoms with Crippen molar-refractivity contribution < 1.29 is 9.13 Å². The van der Waals surface area contributed by atoms with E-state index < -0.39 is 0 Å². The van der Waals surface area contributed by atoms with Gasteiger partial charge in [-0.2, -0.15) is 5.10 Å². The summed E-state index contributed by atoms with van der Waals surface area (Å²) < 4.78 is 19.0. The zero-order valence-corrected chi connectivity index (χ0v) is 11.6. The molecule has 20 heavy (non-hydrogen) atoms. The average Bonchev–Trinajstić information content (AvgIpc) is 2.42. The molecule has 0 aliphatic rings. The zero-order chi connectivity index (χ0) is 14.5. The number of nitrogens with one attached hydrogen (secondary N) is 1. The normalized spacial score (nSPS) is 10.6. The molecule has 2 rings (SSSR count). The van der Waals surface area contributed by atoms with Crippen molar-refractivity contribution in [1.29, 1.82) is 0 Å². The van der Waals surface area contributed by atoms with Crippen molar-refractivity contribution in [2.24, 2.45) is 0 Å². The molecule has 0 radical (unpaired) electrons. The molecule has 1 aromatic carbocycles. The van der Waals surface area contributed by atoms with E-state index >= 15 is 0 Å². The summed E-state index contributed by atoms with van der Waals surface area (Å²) in [6, 6.07) is 5.84. The Kier molecular flexibility index (Phi) is 4.50. The third kappa shape index (κ3) is 3.23. The fourth-order valence-corrected chi connectivity index (χ4v) is 1.87. The Hall–Kier alpha value is -2.17. The lowest BCUT2D eigenvalue weighted by Gasteiger charge is -2.11. The molecule has 0 atom stereocenters. The second-order valence-corrected chi connectivity index (χ2v) is 4.59. The average molecular weight is 276 g/mol. The van der Waals surface area contributed by atoms with Crippen LogP contribution >= 0.6 is 0 Å². The molecule has 1 heterocycles. The van der Waals surface area contributed by atoms with Crippen LogP contribution in [0.15, 0.2) is 29.1 Å². The van der Waals surface area contributed by atoms with Gasteiger partial charge < -0.3 is 4.74 Å². The van der Waals surface area contributed by atoms with Crippen molar-refractivity contribution in [3.63, 3.8) is 0 Å². The molecule has 0 fully saturated rings. The van der Waals surface area contributed by atoms with Crippen molar-refractivity contribution in [2.45, 2.75) is 26.7 Å². The molecule has 1 N–H and O–H groups in total. The first-order chi connectivity index (χ1) is 9.61. The van der Waals surface area contributed by atoms with Gasteiger partial charge in [0.15, 0.2) is 0 Å².